The minimum absolute atomic E-state index is 0.108. The van der Waals surface area contributed by atoms with Crippen LogP contribution in [-0.4, -0.2) is 42.6 Å². The Hall–Kier alpha value is -1.26. The van der Waals surface area contributed by atoms with Gasteiger partial charge >= 0.3 is 0 Å². The Labute approximate surface area is 117 Å². The summed E-state index contributed by atoms with van der Waals surface area (Å²) in [6.07, 6.45) is 1.55. The first kappa shape index (κ1) is 14.2. The van der Waals surface area contributed by atoms with Crippen molar-refractivity contribution in [1.82, 2.24) is 4.98 Å². The van der Waals surface area contributed by atoms with Gasteiger partial charge in [-0.2, -0.15) is 17.0 Å². The number of nitrogens with zero attached hydrogens (tertiary/aromatic N) is 3. The van der Waals surface area contributed by atoms with Crippen LogP contribution in [0, 0.1) is 11.3 Å². The Kier molecular flexibility index (Phi) is 4.32. The van der Waals surface area contributed by atoms with E-state index < -0.39 is 15.2 Å². The van der Waals surface area contributed by atoms with Gasteiger partial charge in [-0.15, -0.1) is 0 Å². The van der Waals surface area contributed by atoms with E-state index in [-0.39, 0.29) is 11.4 Å². The molecule has 1 unspecified atom stereocenters. The van der Waals surface area contributed by atoms with Crippen LogP contribution in [0.3, 0.4) is 0 Å². The van der Waals surface area contributed by atoms with Crippen molar-refractivity contribution in [3.8, 4) is 6.07 Å². The van der Waals surface area contributed by atoms with Gasteiger partial charge in [0.05, 0.1) is 5.69 Å². The highest BCUT2D eigenvalue weighted by Crippen LogP contribution is 2.28. The molecule has 1 aromatic rings. The average Bonchev–Trinajstić information content (AvgIpc) is 2.47. The zero-order valence-corrected chi connectivity index (χ0v) is 12.2. The highest BCUT2D eigenvalue weighted by atomic mass is 32.2. The summed E-state index contributed by atoms with van der Waals surface area (Å²) in [5, 5.41) is 8.54. The number of anilines is 1. The van der Waals surface area contributed by atoms with Gasteiger partial charge in [-0.25, -0.2) is 13.4 Å². The van der Waals surface area contributed by atoms with E-state index in [0.29, 0.717) is 18.0 Å². The Morgan fingerprint density at radius 1 is 1.63 bits per heavy atom. The van der Waals surface area contributed by atoms with E-state index in [1.54, 1.807) is 41.9 Å². The standard InChI is InChI=1S/C12H15N3O2S2/c1-2-19(16,17)12-9-18-7-6-15(12)11-4-3-5-14-10(11)8-13/h3-5,12H,2,6-7,9H2,1H3. The lowest BCUT2D eigenvalue weighted by molar-refractivity contribution is 0.579. The Morgan fingerprint density at radius 2 is 2.42 bits per heavy atom. The lowest BCUT2D eigenvalue weighted by Crippen LogP contribution is -2.48. The summed E-state index contributed by atoms with van der Waals surface area (Å²) in [7, 11) is -3.18. The van der Waals surface area contributed by atoms with Gasteiger partial charge in [-0.05, 0) is 12.1 Å². The summed E-state index contributed by atoms with van der Waals surface area (Å²) in [6.45, 7) is 2.27. The van der Waals surface area contributed by atoms with Gasteiger partial charge in [0.15, 0.2) is 15.5 Å². The van der Waals surface area contributed by atoms with Gasteiger partial charge in [0.25, 0.3) is 0 Å². The quantitative estimate of drug-likeness (QED) is 0.836. The maximum atomic E-state index is 12.2. The summed E-state index contributed by atoms with van der Waals surface area (Å²) < 4.78 is 24.4. The van der Waals surface area contributed by atoms with Crippen molar-refractivity contribution in [2.45, 2.75) is 12.3 Å². The van der Waals surface area contributed by atoms with Gasteiger partial charge in [0, 0.05) is 30.0 Å². The van der Waals surface area contributed by atoms with Crippen molar-refractivity contribution in [2.24, 2.45) is 0 Å². The third kappa shape index (κ3) is 2.85. The topological polar surface area (TPSA) is 74.1 Å². The molecular weight excluding hydrogens is 282 g/mol. The molecule has 7 heteroatoms. The predicted molar refractivity (Wildman–Crippen MR) is 76.9 cm³/mol. The number of rotatable bonds is 3. The molecule has 0 spiro atoms. The van der Waals surface area contributed by atoms with Gasteiger partial charge in [0.2, 0.25) is 0 Å². The van der Waals surface area contributed by atoms with Crippen LogP contribution in [0.1, 0.15) is 12.6 Å². The van der Waals surface area contributed by atoms with E-state index in [2.05, 4.69) is 4.98 Å². The second kappa shape index (κ2) is 5.80. The van der Waals surface area contributed by atoms with E-state index in [1.807, 2.05) is 6.07 Å². The fraction of sp³-hybridized carbons (Fsp3) is 0.500. The van der Waals surface area contributed by atoms with E-state index >= 15 is 0 Å². The molecule has 0 aromatic carbocycles. The van der Waals surface area contributed by atoms with Crippen LogP contribution in [0.15, 0.2) is 18.3 Å². The second-order valence-corrected chi connectivity index (χ2v) is 7.75. The van der Waals surface area contributed by atoms with E-state index in [1.165, 1.54) is 0 Å². The van der Waals surface area contributed by atoms with E-state index in [4.69, 9.17) is 5.26 Å². The van der Waals surface area contributed by atoms with Crippen LogP contribution in [0.25, 0.3) is 0 Å². The summed E-state index contributed by atoms with van der Waals surface area (Å²) in [5.74, 6) is 1.50. The van der Waals surface area contributed by atoms with Crippen LogP contribution >= 0.6 is 11.8 Å². The number of thioether (sulfide) groups is 1. The molecule has 1 aliphatic rings. The molecule has 1 fully saturated rings. The molecule has 0 bridgehead atoms. The highest BCUT2D eigenvalue weighted by Gasteiger charge is 2.34. The number of hydrogen-bond donors (Lipinski definition) is 0. The first-order valence-corrected chi connectivity index (χ1v) is 8.88. The summed E-state index contributed by atoms with van der Waals surface area (Å²) in [5.41, 5.74) is 0.901. The molecule has 19 heavy (non-hydrogen) atoms. The van der Waals surface area contributed by atoms with E-state index in [0.717, 1.165) is 5.75 Å². The molecule has 1 atom stereocenters. The fourth-order valence-electron chi connectivity index (χ4n) is 2.06. The maximum Gasteiger partial charge on any atom is 0.171 e. The molecule has 1 saturated heterocycles. The molecule has 5 nitrogen and oxygen atoms in total. The SMILES string of the molecule is CCS(=O)(=O)C1CSCCN1c1cccnc1C#N. The fourth-order valence-corrected chi connectivity index (χ4v) is 5.04. The van der Waals surface area contributed by atoms with Crippen molar-refractivity contribution >= 4 is 27.3 Å². The normalized spacial score (nSPS) is 20.0. The van der Waals surface area contributed by atoms with Gasteiger partial charge in [-0.3, -0.25) is 0 Å². The van der Waals surface area contributed by atoms with Crippen LogP contribution < -0.4 is 4.90 Å². The Bertz CT molecular complexity index is 595. The maximum absolute atomic E-state index is 12.2. The van der Waals surface area contributed by atoms with Crippen LogP contribution in [0.2, 0.25) is 0 Å². The lowest BCUT2D eigenvalue weighted by Gasteiger charge is -2.36. The van der Waals surface area contributed by atoms with Crippen molar-refractivity contribution in [3.05, 3.63) is 24.0 Å². The first-order chi connectivity index (χ1) is 9.10. The number of sulfone groups is 1. The molecule has 2 rings (SSSR count). The third-order valence-electron chi connectivity index (χ3n) is 3.10. The number of hydrogen-bond acceptors (Lipinski definition) is 6. The van der Waals surface area contributed by atoms with E-state index in [9.17, 15) is 8.42 Å². The minimum Gasteiger partial charge on any atom is -0.351 e. The first-order valence-electron chi connectivity index (χ1n) is 6.01. The molecule has 1 aromatic heterocycles. The third-order valence-corrected chi connectivity index (χ3v) is 6.39. The molecule has 2 heterocycles. The largest absolute Gasteiger partial charge is 0.351 e. The monoisotopic (exact) mass is 297 g/mol. The number of nitriles is 1. The summed E-state index contributed by atoms with van der Waals surface area (Å²) in [4.78, 5) is 5.82. The van der Waals surface area contributed by atoms with Gasteiger partial charge in [-0.1, -0.05) is 6.92 Å². The second-order valence-electron chi connectivity index (χ2n) is 4.16. The molecule has 0 N–H and O–H groups in total. The molecule has 0 aliphatic carbocycles. The highest BCUT2D eigenvalue weighted by molar-refractivity contribution is 8.01. The summed E-state index contributed by atoms with van der Waals surface area (Å²) >= 11 is 1.63. The van der Waals surface area contributed by atoms with Crippen molar-refractivity contribution < 1.29 is 8.42 Å². The van der Waals surface area contributed by atoms with Crippen LogP contribution in [0.4, 0.5) is 5.69 Å². The van der Waals surface area contributed by atoms with Crippen molar-refractivity contribution in [1.29, 1.82) is 5.26 Å². The Balaban J connectivity index is 2.43. The lowest BCUT2D eigenvalue weighted by atomic mass is 10.2. The van der Waals surface area contributed by atoms with Crippen molar-refractivity contribution in [2.75, 3.05) is 28.7 Å². The molecular formula is C12H15N3O2S2. The average molecular weight is 297 g/mol. The molecule has 102 valence electrons. The number of aromatic nitrogens is 1. The van der Waals surface area contributed by atoms with Crippen LogP contribution in [0.5, 0.6) is 0 Å². The molecule has 0 radical (unpaired) electrons. The molecule has 0 amide bonds. The van der Waals surface area contributed by atoms with Crippen LogP contribution in [-0.2, 0) is 9.84 Å². The molecule has 1 aliphatic heterocycles. The smallest absolute Gasteiger partial charge is 0.171 e. The number of pyridine rings is 1. The summed E-state index contributed by atoms with van der Waals surface area (Å²) in [6, 6.07) is 5.52. The van der Waals surface area contributed by atoms with Gasteiger partial charge < -0.3 is 4.90 Å². The predicted octanol–water partition coefficient (Wildman–Crippen LogP) is 1.27. The molecule has 0 saturated carbocycles. The zero-order valence-electron chi connectivity index (χ0n) is 10.6. The van der Waals surface area contributed by atoms with Gasteiger partial charge in [0.1, 0.15) is 11.4 Å². The minimum atomic E-state index is -3.18. The zero-order chi connectivity index (χ0) is 13.9. The Morgan fingerprint density at radius 3 is 3.11 bits per heavy atom. The van der Waals surface area contributed by atoms with Crippen molar-refractivity contribution in [3.63, 3.8) is 0 Å².